The Balaban J connectivity index is 2.07. The van der Waals surface area contributed by atoms with E-state index in [9.17, 15) is 13.2 Å². The molecule has 1 aliphatic rings. The van der Waals surface area contributed by atoms with Crippen LogP contribution in [0.15, 0.2) is 29.2 Å². The number of rotatable bonds is 6. The lowest BCUT2D eigenvalue weighted by Crippen LogP contribution is -2.51. The molecule has 1 aromatic rings. The van der Waals surface area contributed by atoms with Gasteiger partial charge in [0.2, 0.25) is 10.0 Å². The zero-order chi connectivity index (χ0) is 18.0. The molecule has 0 aromatic heterocycles. The number of hydrogen-bond acceptors (Lipinski definition) is 3. The predicted molar refractivity (Wildman–Crippen MR) is 95.2 cm³/mol. The summed E-state index contributed by atoms with van der Waals surface area (Å²) < 4.78 is 26.2. The molecule has 134 valence electrons. The molecule has 0 heterocycles. The maximum Gasteiger partial charge on any atom is 0.279 e. The van der Waals surface area contributed by atoms with Gasteiger partial charge in [0.05, 0.1) is 25.0 Å². The molecule has 0 radical (unpaired) electrons. The highest BCUT2D eigenvalue weighted by Crippen LogP contribution is 2.26. The van der Waals surface area contributed by atoms with E-state index in [1.165, 1.54) is 39.1 Å². The van der Waals surface area contributed by atoms with Gasteiger partial charge in [0.15, 0.2) is 6.54 Å². The molecule has 0 unspecified atom stereocenters. The number of carbonyl (C=O) groups is 1. The molecule has 1 amide bonds. The van der Waals surface area contributed by atoms with E-state index in [-0.39, 0.29) is 10.8 Å². The van der Waals surface area contributed by atoms with Gasteiger partial charge in [0, 0.05) is 19.8 Å². The first-order valence-electron chi connectivity index (χ1n) is 8.28. The van der Waals surface area contributed by atoms with Gasteiger partial charge in [-0.1, -0.05) is 6.07 Å². The van der Waals surface area contributed by atoms with Crippen molar-refractivity contribution < 1.29 is 17.7 Å². The lowest BCUT2D eigenvalue weighted by atomic mass is 10.2. The first kappa shape index (κ1) is 18.9. The fraction of sp³-hybridized carbons (Fsp3) is 0.588. The summed E-state index contributed by atoms with van der Waals surface area (Å²) in [5.41, 5.74) is 0.509. The van der Waals surface area contributed by atoms with E-state index in [0.717, 1.165) is 17.1 Å². The molecule has 0 saturated heterocycles. The highest BCUT2D eigenvalue weighted by atomic mass is 32.2. The van der Waals surface area contributed by atoms with Crippen LogP contribution in [0.2, 0.25) is 0 Å². The van der Waals surface area contributed by atoms with Crippen LogP contribution in [-0.4, -0.2) is 63.9 Å². The minimum atomic E-state index is -3.51. The minimum Gasteiger partial charge on any atom is -0.321 e. The third-order valence-corrected chi connectivity index (χ3v) is 6.57. The summed E-state index contributed by atoms with van der Waals surface area (Å²) in [5.74, 6) is -0.0914. The molecule has 0 spiro atoms. The zero-order valence-electron chi connectivity index (χ0n) is 14.9. The van der Waals surface area contributed by atoms with Gasteiger partial charge in [0.25, 0.3) is 5.91 Å². The number of carbonyl (C=O) groups excluding carboxylic acids is 1. The van der Waals surface area contributed by atoms with E-state index >= 15 is 0 Å². The van der Waals surface area contributed by atoms with Gasteiger partial charge in [-0.25, -0.2) is 12.7 Å². The van der Waals surface area contributed by atoms with Crippen LogP contribution in [0.5, 0.6) is 0 Å². The highest BCUT2D eigenvalue weighted by molar-refractivity contribution is 7.89. The van der Waals surface area contributed by atoms with Crippen LogP contribution in [0, 0.1) is 0 Å². The third-order valence-electron chi connectivity index (χ3n) is 4.76. The van der Waals surface area contributed by atoms with E-state index in [0.29, 0.717) is 22.8 Å². The lowest BCUT2D eigenvalue weighted by molar-refractivity contribution is -0.906. The SMILES string of the molecule is CN(C)S(=O)(=O)c1cccc(NC(=O)C[N+](C)(C)C2CCCC2)c1. The molecular weight excluding hydrogens is 326 g/mol. The second-order valence-corrected chi connectivity index (χ2v) is 9.39. The lowest BCUT2D eigenvalue weighted by Gasteiger charge is -2.35. The van der Waals surface area contributed by atoms with E-state index in [1.807, 2.05) is 0 Å². The Morgan fingerprint density at radius 3 is 2.46 bits per heavy atom. The van der Waals surface area contributed by atoms with Crippen molar-refractivity contribution in [2.75, 3.05) is 40.1 Å². The van der Waals surface area contributed by atoms with Gasteiger partial charge in [-0.2, -0.15) is 0 Å². The van der Waals surface area contributed by atoms with Gasteiger partial charge in [-0.15, -0.1) is 0 Å². The van der Waals surface area contributed by atoms with E-state index < -0.39 is 10.0 Å². The summed E-state index contributed by atoms with van der Waals surface area (Å²) in [6.07, 6.45) is 4.80. The second-order valence-electron chi connectivity index (χ2n) is 7.24. The highest BCUT2D eigenvalue weighted by Gasteiger charge is 2.33. The Hall–Kier alpha value is -1.44. The predicted octanol–water partition coefficient (Wildman–Crippen LogP) is 1.89. The fourth-order valence-corrected chi connectivity index (χ4v) is 4.20. The van der Waals surface area contributed by atoms with Crippen molar-refractivity contribution in [2.45, 2.75) is 36.6 Å². The molecule has 2 rings (SSSR count). The first-order chi connectivity index (χ1) is 11.1. The van der Waals surface area contributed by atoms with Crippen molar-refractivity contribution in [3.63, 3.8) is 0 Å². The minimum absolute atomic E-state index is 0.0914. The van der Waals surface area contributed by atoms with Crippen molar-refractivity contribution in [1.82, 2.24) is 4.31 Å². The Morgan fingerprint density at radius 1 is 1.25 bits per heavy atom. The van der Waals surface area contributed by atoms with Crippen molar-refractivity contribution in [3.05, 3.63) is 24.3 Å². The summed E-state index contributed by atoms with van der Waals surface area (Å²) in [6, 6.07) is 6.91. The Labute approximate surface area is 145 Å². The molecule has 0 bridgehead atoms. The average Bonchev–Trinajstić information content (AvgIpc) is 3.01. The fourth-order valence-electron chi connectivity index (χ4n) is 3.25. The Kier molecular flexibility index (Phi) is 5.67. The van der Waals surface area contributed by atoms with Gasteiger partial charge in [-0.3, -0.25) is 4.79 Å². The average molecular weight is 354 g/mol. The molecule has 1 aliphatic carbocycles. The normalized spacial score (nSPS) is 16.5. The third kappa shape index (κ3) is 4.34. The van der Waals surface area contributed by atoms with Crippen molar-refractivity contribution >= 4 is 21.6 Å². The topological polar surface area (TPSA) is 66.5 Å². The van der Waals surface area contributed by atoms with Crippen LogP contribution < -0.4 is 5.32 Å². The summed E-state index contributed by atoms with van der Waals surface area (Å²) in [4.78, 5) is 12.6. The van der Waals surface area contributed by atoms with Crippen LogP contribution in [0.3, 0.4) is 0 Å². The van der Waals surface area contributed by atoms with Crippen LogP contribution in [0.1, 0.15) is 25.7 Å². The number of hydrogen-bond donors (Lipinski definition) is 1. The van der Waals surface area contributed by atoms with E-state index in [1.54, 1.807) is 12.1 Å². The monoisotopic (exact) mass is 354 g/mol. The molecule has 0 atom stereocenters. The maximum absolute atomic E-state index is 12.4. The smallest absolute Gasteiger partial charge is 0.279 e. The van der Waals surface area contributed by atoms with Crippen molar-refractivity contribution in [3.8, 4) is 0 Å². The number of nitrogens with zero attached hydrogens (tertiary/aromatic N) is 2. The van der Waals surface area contributed by atoms with Crippen molar-refractivity contribution in [2.24, 2.45) is 0 Å². The number of sulfonamides is 1. The Bertz CT molecular complexity index is 693. The number of amides is 1. The van der Waals surface area contributed by atoms with Gasteiger partial charge >= 0.3 is 0 Å². The molecule has 7 heteroatoms. The quantitative estimate of drug-likeness (QED) is 0.794. The zero-order valence-corrected chi connectivity index (χ0v) is 15.8. The van der Waals surface area contributed by atoms with E-state index in [2.05, 4.69) is 19.4 Å². The molecule has 1 aromatic carbocycles. The molecular formula is C17H28N3O3S+. The standard InChI is InChI=1S/C17H27N3O3S/c1-19(2)24(22,23)16-11-7-8-14(12-16)18-17(21)13-20(3,4)15-9-5-6-10-15/h7-8,11-12,15H,5-6,9-10,13H2,1-4H3/p+1. The van der Waals surface area contributed by atoms with Crippen LogP contribution in [-0.2, 0) is 14.8 Å². The molecule has 1 fully saturated rings. The van der Waals surface area contributed by atoms with E-state index in [4.69, 9.17) is 0 Å². The number of quaternary nitrogens is 1. The Morgan fingerprint density at radius 2 is 1.88 bits per heavy atom. The van der Waals surface area contributed by atoms with Gasteiger partial charge in [-0.05, 0) is 43.9 Å². The summed E-state index contributed by atoms with van der Waals surface area (Å²) in [6.45, 7) is 0.384. The summed E-state index contributed by atoms with van der Waals surface area (Å²) in [5, 5.41) is 2.84. The first-order valence-corrected chi connectivity index (χ1v) is 9.72. The van der Waals surface area contributed by atoms with Crippen LogP contribution in [0.25, 0.3) is 0 Å². The maximum atomic E-state index is 12.4. The summed E-state index contributed by atoms with van der Waals surface area (Å²) in [7, 11) is 3.64. The van der Waals surface area contributed by atoms with Crippen LogP contribution >= 0.6 is 0 Å². The summed E-state index contributed by atoms with van der Waals surface area (Å²) >= 11 is 0. The van der Waals surface area contributed by atoms with Crippen molar-refractivity contribution in [1.29, 1.82) is 0 Å². The van der Waals surface area contributed by atoms with Gasteiger partial charge < -0.3 is 9.80 Å². The molecule has 1 saturated carbocycles. The second kappa shape index (κ2) is 7.21. The van der Waals surface area contributed by atoms with Crippen LogP contribution in [0.4, 0.5) is 5.69 Å². The number of nitrogens with one attached hydrogen (secondary N) is 1. The number of anilines is 1. The largest absolute Gasteiger partial charge is 0.321 e. The molecule has 1 N–H and O–H groups in total. The number of benzene rings is 1. The molecule has 24 heavy (non-hydrogen) atoms. The van der Waals surface area contributed by atoms with Gasteiger partial charge in [0.1, 0.15) is 0 Å². The molecule has 6 nitrogen and oxygen atoms in total. The number of likely N-dealkylation sites (N-methyl/N-ethyl adjacent to an activating group) is 1. The molecule has 0 aliphatic heterocycles.